The van der Waals surface area contributed by atoms with Crippen molar-refractivity contribution < 1.29 is 9.53 Å². The monoisotopic (exact) mass is 410 g/mol. The van der Waals surface area contributed by atoms with Gasteiger partial charge in [0.15, 0.2) is 0 Å². The van der Waals surface area contributed by atoms with Gasteiger partial charge in [0.05, 0.1) is 17.1 Å². The van der Waals surface area contributed by atoms with E-state index >= 15 is 0 Å². The molecule has 30 heavy (non-hydrogen) atoms. The van der Waals surface area contributed by atoms with Gasteiger partial charge in [-0.05, 0) is 31.4 Å². The van der Waals surface area contributed by atoms with Crippen molar-refractivity contribution in [2.75, 3.05) is 13.2 Å². The molecule has 0 aliphatic carbocycles. The van der Waals surface area contributed by atoms with Crippen LogP contribution < -0.4 is 16.6 Å². The highest BCUT2D eigenvalue weighted by atomic mass is 16.5. The second-order valence-corrected chi connectivity index (χ2v) is 7.04. The third-order valence-electron chi connectivity index (χ3n) is 4.79. The Hall–Kier alpha value is -3.26. The number of fused-ring (bicyclic) bond motifs is 1. The van der Waals surface area contributed by atoms with Gasteiger partial charge in [0.25, 0.3) is 11.5 Å². The van der Waals surface area contributed by atoms with E-state index in [1.165, 1.54) is 16.8 Å². The summed E-state index contributed by atoms with van der Waals surface area (Å²) in [6.07, 6.45) is 2.74. The molecule has 0 aliphatic heterocycles. The molecule has 1 unspecified atom stereocenters. The van der Waals surface area contributed by atoms with Gasteiger partial charge in [-0.2, -0.15) is 0 Å². The quantitative estimate of drug-likeness (QED) is 0.527. The van der Waals surface area contributed by atoms with Crippen LogP contribution >= 0.6 is 0 Å². The van der Waals surface area contributed by atoms with Crippen molar-refractivity contribution in [3.63, 3.8) is 0 Å². The van der Waals surface area contributed by atoms with Gasteiger partial charge in [0, 0.05) is 25.9 Å². The van der Waals surface area contributed by atoms with Gasteiger partial charge >= 0.3 is 5.69 Å². The third-order valence-corrected chi connectivity index (χ3v) is 4.79. The van der Waals surface area contributed by atoms with Crippen LogP contribution in [0.5, 0.6) is 0 Å². The number of hydrogen-bond acceptors (Lipinski definition) is 5. The molecule has 0 bridgehead atoms. The van der Waals surface area contributed by atoms with Crippen molar-refractivity contribution in [1.29, 1.82) is 0 Å². The summed E-state index contributed by atoms with van der Waals surface area (Å²) in [4.78, 5) is 43.0. The number of H-pyrrole nitrogens is 1. The molecule has 0 spiro atoms. The SMILES string of the molecule is CCCn1c(=O)[nH]c(=O)c2cc(C(=O)NCCCOC(C)c3ccccc3)cnc21. The first-order valence-corrected chi connectivity index (χ1v) is 10.1. The molecule has 1 atom stereocenters. The number of ether oxygens (including phenoxy) is 1. The molecule has 0 radical (unpaired) electrons. The van der Waals surface area contributed by atoms with Crippen molar-refractivity contribution in [3.05, 3.63) is 74.6 Å². The normalized spacial score (nSPS) is 12.1. The number of benzene rings is 1. The fraction of sp³-hybridized carbons (Fsp3) is 0.364. The Morgan fingerprint density at radius 3 is 2.77 bits per heavy atom. The van der Waals surface area contributed by atoms with Gasteiger partial charge in [0.2, 0.25) is 0 Å². The van der Waals surface area contributed by atoms with E-state index in [4.69, 9.17) is 4.74 Å². The molecule has 0 saturated heterocycles. The van der Waals surface area contributed by atoms with Crippen LogP contribution in [0, 0.1) is 0 Å². The molecular weight excluding hydrogens is 384 g/mol. The Bertz CT molecular complexity index is 1120. The molecule has 2 heterocycles. The maximum atomic E-state index is 12.4. The van der Waals surface area contributed by atoms with Gasteiger partial charge < -0.3 is 10.1 Å². The van der Waals surface area contributed by atoms with Crippen molar-refractivity contribution in [2.45, 2.75) is 39.3 Å². The lowest BCUT2D eigenvalue weighted by atomic mass is 10.1. The number of amides is 1. The third kappa shape index (κ3) is 5.01. The van der Waals surface area contributed by atoms with Gasteiger partial charge in [-0.3, -0.25) is 19.1 Å². The summed E-state index contributed by atoms with van der Waals surface area (Å²) < 4.78 is 7.20. The zero-order valence-corrected chi connectivity index (χ0v) is 17.2. The van der Waals surface area contributed by atoms with Gasteiger partial charge in [-0.15, -0.1) is 0 Å². The minimum Gasteiger partial charge on any atom is -0.374 e. The number of aromatic nitrogens is 3. The topological polar surface area (TPSA) is 106 Å². The van der Waals surface area contributed by atoms with Gasteiger partial charge in [0.1, 0.15) is 5.65 Å². The summed E-state index contributed by atoms with van der Waals surface area (Å²) in [5.74, 6) is -0.326. The predicted octanol–water partition coefficient (Wildman–Crippen LogP) is 2.39. The van der Waals surface area contributed by atoms with E-state index in [2.05, 4.69) is 15.3 Å². The van der Waals surface area contributed by atoms with Crippen LogP contribution in [-0.4, -0.2) is 33.6 Å². The van der Waals surface area contributed by atoms with Crippen LogP contribution in [-0.2, 0) is 11.3 Å². The average Bonchev–Trinajstić information content (AvgIpc) is 2.76. The summed E-state index contributed by atoms with van der Waals surface area (Å²) in [6, 6.07) is 11.4. The highest BCUT2D eigenvalue weighted by Gasteiger charge is 2.13. The second kappa shape index (κ2) is 9.98. The Morgan fingerprint density at radius 1 is 1.27 bits per heavy atom. The first-order chi connectivity index (χ1) is 14.5. The molecule has 1 aromatic carbocycles. The summed E-state index contributed by atoms with van der Waals surface area (Å²) >= 11 is 0. The molecule has 3 rings (SSSR count). The maximum Gasteiger partial charge on any atom is 0.329 e. The summed E-state index contributed by atoms with van der Waals surface area (Å²) in [6.45, 7) is 5.30. The van der Waals surface area contributed by atoms with Crippen LogP contribution in [0.15, 0.2) is 52.2 Å². The Kier molecular flexibility index (Phi) is 7.13. The van der Waals surface area contributed by atoms with Crippen LogP contribution in [0.2, 0.25) is 0 Å². The van der Waals surface area contributed by atoms with E-state index in [1.54, 1.807) is 0 Å². The minimum atomic E-state index is -0.548. The number of aromatic amines is 1. The standard InChI is InChI=1S/C22H26N4O4/c1-3-11-26-19-18(21(28)25-22(26)29)13-17(14-24-19)20(27)23-10-7-12-30-15(2)16-8-5-4-6-9-16/h4-6,8-9,13-15H,3,7,10-12H2,1-2H3,(H,23,27)(H,25,28,29). The zero-order valence-electron chi connectivity index (χ0n) is 17.2. The van der Waals surface area contributed by atoms with Crippen LogP contribution in [0.1, 0.15) is 48.7 Å². The lowest BCUT2D eigenvalue weighted by Crippen LogP contribution is -2.31. The van der Waals surface area contributed by atoms with Gasteiger partial charge in [-0.25, -0.2) is 9.78 Å². The number of pyridine rings is 1. The number of nitrogens with zero attached hydrogens (tertiary/aromatic N) is 2. The van der Waals surface area contributed by atoms with Crippen molar-refractivity contribution in [1.82, 2.24) is 19.9 Å². The number of hydrogen-bond donors (Lipinski definition) is 2. The summed E-state index contributed by atoms with van der Waals surface area (Å²) in [5.41, 5.74) is 0.617. The van der Waals surface area contributed by atoms with Gasteiger partial charge in [-0.1, -0.05) is 37.3 Å². The predicted molar refractivity (Wildman–Crippen MR) is 115 cm³/mol. The number of rotatable bonds is 9. The number of carbonyl (C=O) groups is 1. The highest BCUT2D eigenvalue weighted by molar-refractivity contribution is 5.96. The number of carbonyl (C=O) groups excluding carboxylic acids is 1. The van der Waals surface area contributed by atoms with Crippen molar-refractivity contribution in [2.24, 2.45) is 0 Å². The molecule has 0 aliphatic rings. The maximum absolute atomic E-state index is 12.4. The average molecular weight is 410 g/mol. The molecule has 1 amide bonds. The molecular formula is C22H26N4O4. The second-order valence-electron chi connectivity index (χ2n) is 7.04. The summed E-state index contributed by atoms with van der Waals surface area (Å²) in [7, 11) is 0. The molecule has 3 aromatic rings. The number of nitrogens with one attached hydrogen (secondary N) is 2. The van der Waals surface area contributed by atoms with Crippen LogP contribution in [0.3, 0.4) is 0 Å². The fourth-order valence-corrected chi connectivity index (χ4v) is 3.18. The van der Waals surface area contributed by atoms with Crippen molar-refractivity contribution in [3.8, 4) is 0 Å². The summed E-state index contributed by atoms with van der Waals surface area (Å²) in [5, 5.41) is 3.03. The van der Waals surface area contributed by atoms with Crippen molar-refractivity contribution >= 4 is 16.9 Å². The first-order valence-electron chi connectivity index (χ1n) is 10.1. The highest BCUT2D eigenvalue weighted by Crippen LogP contribution is 2.15. The molecule has 0 saturated carbocycles. The Labute approximate surface area is 173 Å². The molecule has 158 valence electrons. The van der Waals surface area contributed by atoms with E-state index in [9.17, 15) is 14.4 Å². The zero-order chi connectivity index (χ0) is 21.5. The smallest absolute Gasteiger partial charge is 0.329 e. The Morgan fingerprint density at radius 2 is 2.03 bits per heavy atom. The molecule has 8 heteroatoms. The fourth-order valence-electron chi connectivity index (χ4n) is 3.18. The van der Waals surface area contributed by atoms with Crippen LogP contribution in [0.25, 0.3) is 11.0 Å². The van der Waals surface area contributed by atoms with E-state index in [0.717, 1.165) is 12.0 Å². The molecule has 8 nitrogen and oxygen atoms in total. The molecule has 2 aromatic heterocycles. The van der Waals surface area contributed by atoms with E-state index in [1.807, 2.05) is 44.2 Å². The van der Waals surface area contributed by atoms with E-state index in [-0.39, 0.29) is 28.6 Å². The number of aryl methyl sites for hydroxylation is 1. The van der Waals surface area contributed by atoms with Crippen LogP contribution in [0.4, 0.5) is 0 Å². The Balaban J connectivity index is 1.58. The lowest BCUT2D eigenvalue weighted by molar-refractivity contribution is 0.0635. The lowest BCUT2D eigenvalue weighted by Gasteiger charge is -2.13. The molecule has 2 N–H and O–H groups in total. The molecule has 0 fully saturated rings. The first kappa shape index (κ1) is 21.4. The minimum absolute atomic E-state index is 0.0148. The largest absolute Gasteiger partial charge is 0.374 e. The van der Waals surface area contributed by atoms with E-state index in [0.29, 0.717) is 26.1 Å². The van der Waals surface area contributed by atoms with E-state index < -0.39 is 11.2 Å².